The maximum absolute atomic E-state index is 12.8. The standard InChI is InChI=1S/C18H25F3N2O/c1-12(2)17(24)23-8-7-16(13(3)11-23)22-10-14-5-4-6-15(9-14)18(19,20)21/h4-6,9,12-13,16,22H,7-8,10-11H2,1-3H3/t13-,16+/m0/s1. The Hall–Kier alpha value is -1.56. The number of nitrogens with one attached hydrogen (secondary N) is 1. The van der Waals surface area contributed by atoms with Gasteiger partial charge in [-0.2, -0.15) is 13.2 Å². The van der Waals surface area contributed by atoms with E-state index in [1.54, 1.807) is 6.07 Å². The molecule has 1 aromatic rings. The van der Waals surface area contributed by atoms with E-state index in [0.717, 1.165) is 12.5 Å². The molecule has 2 rings (SSSR count). The normalized spacial score (nSPS) is 22.0. The molecule has 0 spiro atoms. The molecule has 1 amide bonds. The number of rotatable bonds is 4. The highest BCUT2D eigenvalue weighted by molar-refractivity contribution is 5.78. The number of benzene rings is 1. The Kier molecular flexibility index (Phi) is 5.91. The molecule has 1 N–H and O–H groups in total. The van der Waals surface area contributed by atoms with Crippen molar-refractivity contribution in [2.24, 2.45) is 11.8 Å². The maximum atomic E-state index is 12.8. The predicted molar refractivity (Wildman–Crippen MR) is 87.3 cm³/mol. The van der Waals surface area contributed by atoms with E-state index in [9.17, 15) is 18.0 Å². The Balaban J connectivity index is 1.91. The van der Waals surface area contributed by atoms with Crippen molar-refractivity contribution in [1.29, 1.82) is 0 Å². The first-order chi connectivity index (χ1) is 11.2. The SMILES string of the molecule is CC(C)C(=O)N1CC[C@@H](NCc2cccc(C(F)(F)F)c2)[C@@H](C)C1. The van der Waals surface area contributed by atoms with Crippen molar-refractivity contribution in [3.63, 3.8) is 0 Å². The first-order valence-electron chi connectivity index (χ1n) is 8.36. The summed E-state index contributed by atoms with van der Waals surface area (Å²) in [4.78, 5) is 13.9. The van der Waals surface area contributed by atoms with Crippen LogP contribution in [0.4, 0.5) is 13.2 Å². The Bertz CT molecular complexity index is 572. The van der Waals surface area contributed by atoms with Crippen LogP contribution in [0.15, 0.2) is 24.3 Å². The van der Waals surface area contributed by atoms with Crippen molar-refractivity contribution in [1.82, 2.24) is 10.2 Å². The fraction of sp³-hybridized carbons (Fsp3) is 0.611. The van der Waals surface area contributed by atoms with Gasteiger partial charge in [-0.1, -0.05) is 39.0 Å². The van der Waals surface area contributed by atoms with Gasteiger partial charge in [0.05, 0.1) is 5.56 Å². The van der Waals surface area contributed by atoms with Gasteiger partial charge in [0.1, 0.15) is 0 Å². The number of likely N-dealkylation sites (tertiary alicyclic amines) is 1. The number of halogens is 3. The third-order valence-corrected chi connectivity index (χ3v) is 4.53. The monoisotopic (exact) mass is 342 g/mol. The fourth-order valence-electron chi connectivity index (χ4n) is 3.12. The topological polar surface area (TPSA) is 32.3 Å². The van der Waals surface area contributed by atoms with Crippen molar-refractivity contribution >= 4 is 5.91 Å². The summed E-state index contributed by atoms with van der Waals surface area (Å²) in [5.41, 5.74) is 0.00455. The summed E-state index contributed by atoms with van der Waals surface area (Å²) in [6.07, 6.45) is -3.50. The molecule has 0 saturated carbocycles. The van der Waals surface area contributed by atoms with Crippen LogP contribution in [0.5, 0.6) is 0 Å². The summed E-state index contributed by atoms with van der Waals surface area (Å²) < 4.78 is 38.3. The van der Waals surface area contributed by atoms with Crippen molar-refractivity contribution in [2.45, 2.75) is 46.0 Å². The molecule has 0 radical (unpaired) electrons. The lowest BCUT2D eigenvalue weighted by Crippen LogP contribution is -2.50. The number of piperidine rings is 1. The summed E-state index contributed by atoms with van der Waals surface area (Å²) in [7, 11) is 0. The highest BCUT2D eigenvalue weighted by atomic mass is 19.4. The van der Waals surface area contributed by atoms with E-state index in [-0.39, 0.29) is 23.8 Å². The molecule has 1 aliphatic rings. The fourth-order valence-corrected chi connectivity index (χ4v) is 3.12. The minimum absolute atomic E-state index is 0.00758. The first kappa shape index (κ1) is 18.8. The van der Waals surface area contributed by atoms with Gasteiger partial charge in [-0.25, -0.2) is 0 Å². The number of nitrogens with zero attached hydrogens (tertiary/aromatic N) is 1. The molecule has 3 nitrogen and oxygen atoms in total. The van der Waals surface area contributed by atoms with Gasteiger partial charge >= 0.3 is 6.18 Å². The summed E-state index contributed by atoms with van der Waals surface area (Å²) in [5.74, 6) is 0.428. The lowest BCUT2D eigenvalue weighted by molar-refractivity contribution is -0.138. The van der Waals surface area contributed by atoms with Crippen LogP contribution >= 0.6 is 0 Å². The molecule has 0 aliphatic carbocycles. The molecule has 1 heterocycles. The van der Waals surface area contributed by atoms with Gasteiger partial charge in [-0.15, -0.1) is 0 Å². The second-order valence-corrected chi connectivity index (χ2v) is 6.89. The second-order valence-electron chi connectivity index (χ2n) is 6.89. The second kappa shape index (κ2) is 7.55. The molecule has 1 fully saturated rings. The molecular weight excluding hydrogens is 317 g/mol. The smallest absolute Gasteiger partial charge is 0.342 e. The summed E-state index contributed by atoms with van der Waals surface area (Å²) >= 11 is 0. The number of hydrogen-bond acceptors (Lipinski definition) is 2. The summed E-state index contributed by atoms with van der Waals surface area (Å²) in [6.45, 7) is 7.65. The van der Waals surface area contributed by atoms with E-state index in [4.69, 9.17) is 0 Å². The molecule has 24 heavy (non-hydrogen) atoms. The Morgan fingerprint density at radius 1 is 1.38 bits per heavy atom. The minimum atomic E-state index is -4.31. The Morgan fingerprint density at radius 2 is 2.08 bits per heavy atom. The first-order valence-corrected chi connectivity index (χ1v) is 8.36. The largest absolute Gasteiger partial charge is 0.416 e. The van der Waals surface area contributed by atoms with Gasteiger partial charge in [-0.05, 0) is 24.0 Å². The number of carbonyl (C=O) groups excluding carboxylic acids is 1. The summed E-state index contributed by atoms with van der Waals surface area (Å²) in [5, 5.41) is 3.35. The van der Waals surface area contributed by atoms with Gasteiger partial charge in [0.25, 0.3) is 0 Å². The lowest BCUT2D eigenvalue weighted by atomic mass is 9.92. The molecule has 2 atom stereocenters. The van der Waals surface area contributed by atoms with Crippen molar-refractivity contribution < 1.29 is 18.0 Å². The van der Waals surface area contributed by atoms with Crippen molar-refractivity contribution in [2.75, 3.05) is 13.1 Å². The van der Waals surface area contributed by atoms with Gasteiger partial charge < -0.3 is 10.2 Å². The van der Waals surface area contributed by atoms with Crippen LogP contribution in [0.25, 0.3) is 0 Å². The molecule has 1 saturated heterocycles. The highest BCUT2D eigenvalue weighted by Gasteiger charge is 2.31. The van der Waals surface area contributed by atoms with E-state index in [1.807, 2.05) is 18.7 Å². The molecule has 134 valence electrons. The zero-order valence-electron chi connectivity index (χ0n) is 14.4. The van der Waals surface area contributed by atoms with Gasteiger partial charge in [0.15, 0.2) is 0 Å². The molecule has 0 bridgehead atoms. The van der Waals surface area contributed by atoms with Crippen molar-refractivity contribution in [3.05, 3.63) is 35.4 Å². The number of hydrogen-bond donors (Lipinski definition) is 1. The van der Waals surface area contributed by atoms with Crippen LogP contribution in [-0.2, 0) is 17.5 Å². The van der Waals surface area contributed by atoms with Crippen LogP contribution in [0.1, 0.15) is 38.3 Å². The molecule has 6 heteroatoms. The molecule has 1 aliphatic heterocycles. The average molecular weight is 342 g/mol. The molecule has 0 unspecified atom stereocenters. The predicted octanol–water partition coefficient (Wildman–Crippen LogP) is 3.69. The van der Waals surface area contributed by atoms with Crippen molar-refractivity contribution in [3.8, 4) is 0 Å². The van der Waals surface area contributed by atoms with E-state index < -0.39 is 11.7 Å². The van der Waals surface area contributed by atoms with Crippen LogP contribution in [0.2, 0.25) is 0 Å². The Morgan fingerprint density at radius 3 is 2.67 bits per heavy atom. The number of carbonyl (C=O) groups is 1. The molecular formula is C18H25F3N2O. The number of amides is 1. The molecule has 1 aromatic carbocycles. The summed E-state index contributed by atoms with van der Waals surface area (Å²) in [6, 6.07) is 5.62. The van der Waals surface area contributed by atoms with E-state index in [0.29, 0.717) is 25.2 Å². The third kappa shape index (κ3) is 4.72. The number of alkyl halides is 3. The Labute approximate surface area is 141 Å². The van der Waals surface area contributed by atoms with Gasteiger partial charge in [-0.3, -0.25) is 4.79 Å². The van der Waals surface area contributed by atoms with E-state index >= 15 is 0 Å². The molecule has 0 aromatic heterocycles. The quantitative estimate of drug-likeness (QED) is 0.905. The van der Waals surface area contributed by atoms with Crippen LogP contribution in [-0.4, -0.2) is 29.9 Å². The zero-order valence-corrected chi connectivity index (χ0v) is 14.4. The van der Waals surface area contributed by atoms with Gasteiger partial charge in [0, 0.05) is 31.6 Å². The average Bonchev–Trinajstić information content (AvgIpc) is 2.52. The zero-order chi connectivity index (χ0) is 17.9. The highest BCUT2D eigenvalue weighted by Crippen LogP contribution is 2.29. The maximum Gasteiger partial charge on any atom is 0.416 e. The van der Waals surface area contributed by atoms with Crippen LogP contribution < -0.4 is 5.32 Å². The van der Waals surface area contributed by atoms with Crippen LogP contribution in [0, 0.1) is 11.8 Å². The van der Waals surface area contributed by atoms with Gasteiger partial charge in [0.2, 0.25) is 5.91 Å². The van der Waals surface area contributed by atoms with Crippen LogP contribution in [0.3, 0.4) is 0 Å². The third-order valence-electron chi connectivity index (χ3n) is 4.53. The van der Waals surface area contributed by atoms with E-state index in [2.05, 4.69) is 12.2 Å². The van der Waals surface area contributed by atoms with E-state index in [1.165, 1.54) is 12.1 Å². The minimum Gasteiger partial charge on any atom is -0.342 e. The lowest BCUT2D eigenvalue weighted by Gasteiger charge is -2.38.